The molecule has 9 heteroatoms. The maximum Gasteiger partial charge on any atom is 0.416 e. The number of alkyl halides is 3. The van der Waals surface area contributed by atoms with Gasteiger partial charge in [0, 0.05) is 11.6 Å². The van der Waals surface area contributed by atoms with Gasteiger partial charge in [-0.1, -0.05) is 60.7 Å². The zero-order valence-corrected chi connectivity index (χ0v) is 20.3. The van der Waals surface area contributed by atoms with Crippen molar-refractivity contribution in [2.24, 2.45) is 22.2 Å². The average molecular weight is 513 g/mol. The molecule has 37 heavy (non-hydrogen) atoms. The Morgan fingerprint density at radius 1 is 1.16 bits per heavy atom. The van der Waals surface area contributed by atoms with Crippen LogP contribution >= 0.6 is 0 Å². The number of carboxylic acids is 2. The molecule has 5 atom stereocenters. The normalized spacial score (nSPS) is 24.8. The van der Waals surface area contributed by atoms with Crippen LogP contribution in [-0.2, 0) is 15.8 Å². The molecule has 0 aliphatic carbocycles. The second kappa shape index (κ2) is 11.0. The Morgan fingerprint density at radius 3 is 2.41 bits per heavy atom. The van der Waals surface area contributed by atoms with Crippen LogP contribution < -0.4 is 0 Å². The number of nitrogens with zero attached hydrogens (tertiary/aromatic N) is 2. The average Bonchev–Trinajstić information content (AvgIpc) is 2.84. The van der Waals surface area contributed by atoms with E-state index in [0.29, 0.717) is 0 Å². The van der Waals surface area contributed by atoms with Crippen LogP contribution in [-0.4, -0.2) is 33.9 Å². The highest BCUT2D eigenvalue weighted by Gasteiger charge is 2.59. The Morgan fingerprint density at radius 2 is 1.84 bits per heavy atom. The van der Waals surface area contributed by atoms with E-state index >= 15 is 0 Å². The highest BCUT2D eigenvalue weighted by atomic mass is 19.4. The first-order chi connectivity index (χ1) is 17.4. The summed E-state index contributed by atoms with van der Waals surface area (Å²) in [7, 11) is 0. The second-order valence-electron chi connectivity index (χ2n) is 9.29. The van der Waals surface area contributed by atoms with Gasteiger partial charge in [0.15, 0.2) is 0 Å². The molecule has 0 amide bonds. The van der Waals surface area contributed by atoms with Gasteiger partial charge in [-0.3, -0.25) is 14.6 Å². The van der Waals surface area contributed by atoms with Crippen molar-refractivity contribution in [2.45, 2.75) is 44.8 Å². The van der Waals surface area contributed by atoms with E-state index in [1.165, 1.54) is 19.9 Å². The fraction of sp³-hybridized carbons (Fsp3) is 0.357. The van der Waals surface area contributed by atoms with Crippen LogP contribution in [0.2, 0.25) is 0 Å². The topological polar surface area (TPSA) is 111 Å². The molecule has 0 fully saturated rings. The van der Waals surface area contributed by atoms with E-state index < -0.39 is 52.9 Å². The Kier molecular flexibility index (Phi) is 8.22. The fourth-order valence-electron chi connectivity index (χ4n) is 5.24. The molecule has 3 rings (SSSR count). The molecule has 2 aromatic carbocycles. The van der Waals surface area contributed by atoms with Crippen molar-refractivity contribution in [3.63, 3.8) is 0 Å². The minimum absolute atomic E-state index is 0.0674. The standard InChI is InChI=1S/C28H27F3N2O4/c1-17-23(25(34)35)24(21-12-7-13-22(14-21)28(29,30)31)27(26(36)37,18(2)33-17)15-20(16-32)11-6-10-19-8-4-3-5-9-19/h3-10,12-14,18,20,23-24H,11,15H2,1-2H3,(H,34,35)(H,36,37). The monoisotopic (exact) mass is 512 g/mol. The van der Waals surface area contributed by atoms with Crippen LogP contribution in [0.4, 0.5) is 13.2 Å². The first kappa shape index (κ1) is 27.7. The molecule has 0 aromatic heterocycles. The summed E-state index contributed by atoms with van der Waals surface area (Å²) in [6.45, 7) is 2.94. The number of hydrogen-bond acceptors (Lipinski definition) is 4. The number of benzene rings is 2. The van der Waals surface area contributed by atoms with Gasteiger partial charge in [0.05, 0.1) is 29.0 Å². The van der Waals surface area contributed by atoms with Gasteiger partial charge in [0.1, 0.15) is 5.92 Å². The molecule has 0 spiro atoms. The molecule has 0 saturated carbocycles. The highest BCUT2D eigenvalue weighted by Crippen LogP contribution is 2.53. The summed E-state index contributed by atoms with van der Waals surface area (Å²) in [4.78, 5) is 29.6. The fourth-order valence-corrected chi connectivity index (χ4v) is 5.24. The molecular formula is C28H27F3N2O4. The van der Waals surface area contributed by atoms with E-state index in [0.717, 1.165) is 23.8 Å². The van der Waals surface area contributed by atoms with Crippen LogP contribution in [0.25, 0.3) is 6.08 Å². The zero-order valence-electron chi connectivity index (χ0n) is 20.3. The van der Waals surface area contributed by atoms with E-state index in [2.05, 4.69) is 11.1 Å². The third kappa shape index (κ3) is 5.74. The number of carbonyl (C=O) groups is 2. The van der Waals surface area contributed by atoms with Crippen LogP contribution in [0.1, 0.15) is 49.3 Å². The van der Waals surface area contributed by atoms with E-state index in [1.54, 1.807) is 12.2 Å². The molecule has 1 aliphatic heterocycles. The molecule has 0 radical (unpaired) electrons. The minimum Gasteiger partial charge on any atom is -0.481 e. The minimum atomic E-state index is -4.71. The number of hydrogen-bond donors (Lipinski definition) is 2. The van der Waals surface area contributed by atoms with E-state index in [1.807, 2.05) is 30.3 Å². The number of aliphatic carboxylic acids is 2. The lowest BCUT2D eigenvalue weighted by atomic mass is 9.57. The van der Waals surface area contributed by atoms with Crippen molar-refractivity contribution in [1.29, 1.82) is 5.26 Å². The van der Waals surface area contributed by atoms with Gasteiger partial charge in [0.2, 0.25) is 0 Å². The summed E-state index contributed by atoms with van der Waals surface area (Å²) in [6, 6.07) is 14.5. The third-order valence-corrected chi connectivity index (χ3v) is 7.02. The number of carboxylic acid groups (broad SMARTS) is 2. The summed E-state index contributed by atoms with van der Waals surface area (Å²) in [5.74, 6) is -6.51. The van der Waals surface area contributed by atoms with E-state index in [-0.39, 0.29) is 24.1 Å². The molecule has 5 unspecified atom stereocenters. The Balaban J connectivity index is 2.12. The second-order valence-corrected chi connectivity index (χ2v) is 9.29. The Hall–Kier alpha value is -3.93. The number of nitriles is 1. The van der Waals surface area contributed by atoms with Crippen LogP contribution in [0.5, 0.6) is 0 Å². The lowest BCUT2D eigenvalue weighted by Gasteiger charge is -2.47. The molecule has 1 aliphatic rings. The van der Waals surface area contributed by atoms with Crippen molar-refractivity contribution in [3.8, 4) is 6.07 Å². The van der Waals surface area contributed by atoms with Gasteiger partial charge in [-0.05, 0) is 43.9 Å². The first-order valence-corrected chi connectivity index (χ1v) is 11.7. The summed E-state index contributed by atoms with van der Waals surface area (Å²) < 4.78 is 40.6. The Labute approximate surface area is 212 Å². The molecule has 2 N–H and O–H groups in total. The molecular weight excluding hydrogens is 485 g/mol. The molecule has 2 aromatic rings. The van der Waals surface area contributed by atoms with Crippen LogP contribution in [0.15, 0.2) is 65.7 Å². The lowest BCUT2D eigenvalue weighted by Crippen LogP contribution is -2.54. The predicted molar refractivity (Wildman–Crippen MR) is 132 cm³/mol. The van der Waals surface area contributed by atoms with Crippen molar-refractivity contribution in [1.82, 2.24) is 0 Å². The summed E-state index contributed by atoms with van der Waals surface area (Å²) in [5, 5.41) is 30.5. The Bertz CT molecular complexity index is 1250. The van der Waals surface area contributed by atoms with Gasteiger partial charge >= 0.3 is 18.1 Å². The lowest BCUT2D eigenvalue weighted by molar-refractivity contribution is -0.156. The van der Waals surface area contributed by atoms with Crippen molar-refractivity contribution >= 4 is 23.7 Å². The summed E-state index contributed by atoms with van der Waals surface area (Å²) in [6.07, 6.45) is -1.31. The van der Waals surface area contributed by atoms with Gasteiger partial charge in [-0.15, -0.1) is 0 Å². The number of halogens is 3. The molecule has 0 saturated heterocycles. The number of rotatable bonds is 8. The highest BCUT2D eigenvalue weighted by molar-refractivity contribution is 6.03. The quantitative estimate of drug-likeness (QED) is 0.447. The maximum atomic E-state index is 13.5. The first-order valence-electron chi connectivity index (χ1n) is 11.7. The smallest absolute Gasteiger partial charge is 0.416 e. The number of aliphatic imine (C=N–C) groups is 1. The summed E-state index contributed by atoms with van der Waals surface area (Å²) in [5.41, 5.74) is -2.01. The zero-order chi connectivity index (χ0) is 27.4. The largest absolute Gasteiger partial charge is 0.481 e. The van der Waals surface area contributed by atoms with E-state index in [4.69, 9.17) is 0 Å². The van der Waals surface area contributed by atoms with Crippen molar-refractivity contribution in [3.05, 3.63) is 77.4 Å². The van der Waals surface area contributed by atoms with Crippen molar-refractivity contribution in [2.75, 3.05) is 0 Å². The third-order valence-electron chi connectivity index (χ3n) is 7.02. The van der Waals surface area contributed by atoms with E-state index in [9.17, 15) is 38.2 Å². The van der Waals surface area contributed by atoms with Gasteiger partial charge in [-0.2, -0.15) is 18.4 Å². The molecule has 194 valence electrons. The van der Waals surface area contributed by atoms with Crippen LogP contribution in [0.3, 0.4) is 0 Å². The maximum absolute atomic E-state index is 13.5. The molecule has 0 bridgehead atoms. The van der Waals surface area contributed by atoms with Gasteiger partial charge in [-0.25, -0.2) is 0 Å². The van der Waals surface area contributed by atoms with Gasteiger partial charge < -0.3 is 10.2 Å². The van der Waals surface area contributed by atoms with Crippen molar-refractivity contribution < 1.29 is 33.0 Å². The number of allylic oxidation sites excluding steroid dienone is 1. The summed E-state index contributed by atoms with van der Waals surface area (Å²) >= 11 is 0. The molecule has 1 heterocycles. The molecule has 6 nitrogen and oxygen atoms in total. The van der Waals surface area contributed by atoms with Gasteiger partial charge in [0.25, 0.3) is 0 Å². The predicted octanol–water partition coefficient (Wildman–Crippen LogP) is 6.06. The SMILES string of the molecule is CC1=NC(C)C(CC(C#N)CC=Cc2ccccc2)(C(=O)O)C(c2cccc(C(F)(F)F)c2)C1C(=O)O. The van der Waals surface area contributed by atoms with Crippen LogP contribution in [0, 0.1) is 28.6 Å².